The van der Waals surface area contributed by atoms with Crippen LogP contribution in [0.5, 0.6) is 0 Å². The Morgan fingerprint density at radius 3 is 2.89 bits per heavy atom. The molecule has 0 radical (unpaired) electrons. The van der Waals surface area contributed by atoms with Gasteiger partial charge in [0.1, 0.15) is 12.3 Å². The summed E-state index contributed by atoms with van der Waals surface area (Å²) in [6, 6.07) is 11.9. The molecule has 0 aliphatic rings. The number of aromatic nitrogens is 4. The van der Waals surface area contributed by atoms with Crippen molar-refractivity contribution in [1.82, 2.24) is 20.2 Å². The fourth-order valence-electron chi connectivity index (χ4n) is 1.80. The lowest BCUT2D eigenvalue weighted by Crippen LogP contribution is -1.90. The zero-order chi connectivity index (χ0) is 12.4. The average Bonchev–Trinajstić information content (AvgIpc) is 2.87. The van der Waals surface area contributed by atoms with E-state index in [0.29, 0.717) is 18.3 Å². The number of benzene rings is 1. The van der Waals surface area contributed by atoms with E-state index in [1.807, 2.05) is 36.4 Å². The Kier molecular flexibility index (Phi) is 2.74. The van der Waals surface area contributed by atoms with Crippen molar-refractivity contribution in [2.75, 3.05) is 7.11 Å². The van der Waals surface area contributed by atoms with Gasteiger partial charge in [0.2, 0.25) is 0 Å². The molecular weight excluding hydrogens is 228 g/mol. The van der Waals surface area contributed by atoms with E-state index in [2.05, 4.69) is 20.2 Å². The van der Waals surface area contributed by atoms with Crippen molar-refractivity contribution in [2.45, 2.75) is 6.61 Å². The number of pyridine rings is 1. The summed E-state index contributed by atoms with van der Waals surface area (Å²) < 4.78 is 4.99. The molecule has 0 atom stereocenters. The molecule has 0 fully saturated rings. The monoisotopic (exact) mass is 240 g/mol. The third kappa shape index (κ3) is 1.96. The molecule has 0 saturated heterocycles. The van der Waals surface area contributed by atoms with Gasteiger partial charge >= 0.3 is 0 Å². The fourth-order valence-corrected chi connectivity index (χ4v) is 1.80. The summed E-state index contributed by atoms with van der Waals surface area (Å²) in [6.45, 7) is 0.417. The first kappa shape index (κ1) is 10.9. The number of hydrogen-bond donors (Lipinski definition) is 1. The van der Waals surface area contributed by atoms with Gasteiger partial charge in [0.15, 0.2) is 11.6 Å². The number of nitrogens with one attached hydrogen (secondary N) is 1. The Labute approximate surface area is 104 Å². The first-order chi connectivity index (χ1) is 8.86. The molecule has 3 rings (SSSR count). The van der Waals surface area contributed by atoms with Crippen molar-refractivity contribution in [2.24, 2.45) is 0 Å². The maximum Gasteiger partial charge on any atom is 0.199 e. The maximum absolute atomic E-state index is 4.99. The molecule has 0 saturated carbocycles. The second-order valence-electron chi connectivity index (χ2n) is 3.93. The number of fused-ring (bicyclic) bond motifs is 1. The highest BCUT2D eigenvalue weighted by Gasteiger charge is 2.07. The van der Waals surface area contributed by atoms with Gasteiger partial charge in [-0.25, -0.2) is 9.97 Å². The first-order valence-corrected chi connectivity index (χ1v) is 5.63. The van der Waals surface area contributed by atoms with E-state index in [1.165, 1.54) is 0 Å². The van der Waals surface area contributed by atoms with Gasteiger partial charge in [-0.3, -0.25) is 5.10 Å². The van der Waals surface area contributed by atoms with Crippen molar-refractivity contribution < 1.29 is 4.74 Å². The number of aromatic amines is 1. The number of nitrogens with zero attached hydrogens (tertiary/aromatic N) is 3. The van der Waals surface area contributed by atoms with Crippen LogP contribution in [0.25, 0.3) is 22.4 Å². The average molecular weight is 240 g/mol. The number of para-hydroxylation sites is 1. The molecule has 5 heteroatoms. The molecule has 3 aromatic rings. The normalized spacial score (nSPS) is 10.9. The van der Waals surface area contributed by atoms with Gasteiger partial charge in [0.25, 0.3) is 0 Å². The lowest BCUT2D eigenvalue weighted by Gasteiger charge is -1.98. The van der Waals surface area contributed by atoms with Gasteiger partial charge in [0, 0.05) is 12.5 Å². The van der Waals surface area contributed by atoms with E-state index >= 15 is 0 Å². The predicted molar refractivity (Wildman–Crippen MR) is 67.8 cm³/mol. The highest BCUT2D eigenvalue weighted by Crippen LogP contribution is 2.17. The second-order valence-corrected chi connectivity index (χ2v) is 3.93. The fraction of sp³-hybridized carbons (Fsp3) is 0.154. The van der Waals surface area contributed by atoms with E-state index in [0.717, 1.165) is 16.6 Å². The quantitative estimate of drug-likeness (QED) is 0.762. The van der Waals surface area contributed by atoms with Gasteiger partial charge in [-0.05, 0) is 12.1 Å². The van der Waals surface area contributed by atoms with Crippen LogP contribution in [0.15, 0.2) is 36.4 Å². The number of hydrogen-bond acceptors (Lipinski definition) is 4. The van der Waals surface area contributed by atoms with Crippen molar-refractivity contribution in [1.29, 1.82) is 0 Å². The molecule has 0 aliphatic carbocycles. The summed E-state index contributed by atoms with van der Waals surface area (Å²) >= 11 is 0. The predicted octanol–water partition coefficient (Wildman–Crippen LogP) is 2.17. The number of ether oxygens (including phenoxy) is 1. The molecular formula is C13H12N4O. The SMILES string of the molecule is COCc1nc(-c2ccc3ccccc3n2)n[nH]1. The third-order valence-electron chi connectivity index (χ3n) is 2.64. The largest absolute Gasteiger partial charge is 0.377 e. The Morgan fingerprint density at radius 2 is 2.00 bits per heavy atom. The van der Waals surface area contributed by atoms with Gasteiger partial charge < -0.3 is 4.74 Å². The lowest BCUT2D eigenvalue weighted by molar-refractivity contribution is 0.178. The Hall–Kier alpha value is -2.27. The summed E-state index contributed by atoms with van der Waals surface area (Å²) in [6.07, 6.45) is 0. The molecule has 0 spiro atoms. The Balaban J connectivity index is 2.02. The number of methoxy groups -OCH3 is 1. The van der Waals surface area contributed by atoms with Crippen molar-refractivity contribution in [3.63, 3.8) is 0 Å². The van der Waals surface area contributed by atoms with Crippen LogP contribution in [0, 0.1) is 0 Å². The first-order valence-electron chi connectivity index (χ1n) is 5.63. The molecule has 1 aromatic carbocycles. The zero-order valence-electron chi connectivity index (χ0n) is 9.92. The lowest BCUT2D eigenvalue weighted by atomic mass is 10.2. The van der Waals surface area contributed by atoms with Gasteiger partial charge in [0.05, 0.1) is 5.52 Å². The molecule has 0 unspecified atom stereocenters. The highest BCUT2D eigenvalue weighted by atomic mass is 16.5. The minimum atomic E-state index is 0.417. The maximum atomic E-state index is 4.99. The second kappa shape index (κ2) is 4.54. The van der Waals surface area contributed by atoms with Gasteiger partial charge in [-0.2, -0.15) is 5.10 Å². The van der Waals surface area contributed by atoms with Crippen LogP contribution in [-0.2, 0) is 11.3 Å². The molecule has 1 N–H and O–H groups in total. The molecule has 0 amide bonds. The molecule has 2 aromatic heterocycles. The van der Waals surface area contributed by atoms with Gasteiger partial charge in [-0.1, -0.05) is 24.3 Å². The van der Waals surface area contributed by atoms with Crippen LogP contribution in [0.1, 0.15) is 5.82 Å². The molecule has 5 nitrogen and oxygen atoms in total. The van der Waals surface area contributed by atoms with Crippen LogP contribution >= 0.6 is 0 Å². The van der Waals surface area contributed by atoms with E-state index in [9.17, 15) is 0 Å². The van der Waals surface area contributed by atoms with E-state index in [4.69, 9.17) is 4.74 Å². The van der Waals surface area contributed by atoms with Crippen molar-refractivity contribution in [3.8, 4) is 11.5 Å². The van der Waals surface area contributed by atoms with Crippen molar-refractivity contribution in [3.05, 3.63) is 42.2 Å². The zero-order valence-corrected chi connectivity index (χ0v) is 9.92. The Bertz CT molecular complexity index is 677. The summed E-state index contributed by atoms with van der Waals surface area (Å²) in [4.78, 5) is 8.86. The van der Waals surface area contributed by atoms with Crippen molar-refractivity contribution >= 4 is 10.9 Å². The van der Waals surface area contributed by atoms with Crippen LogP contribution in [-0.4, -0.2) is 27.3 Å². The molecule has 90 valence electrons. The molecule has 2 heterocycles. The molecule has 0 bridgehead atoms. The topological polar surface area (TPSA) is 63.7 Å². The van der Waals surface area contributed by atoms with Crippen LogP contribution in [0.4, 0.5) is 0 Å². The van der Waals surface area contributed by atoms with E-state index in [-0.39, 0.29) is 0 Å². The summed E-state index contributed by atoms with van der Waals surface area (Å²) in [7, 11) is 1.62. The molecule has 18 heavy (non-hydrogen) atoms. The van der Waals surface area contributed by atoms with Crippen LogP contribution in [0.2, 0.25) is 0 Å². The number of H-pyrrole nitrogens is 1. The van der Waals surface area contributed by atoms with Crippen LogP contribution in [0.3, 0.4) is 0 Å². The number of rotatable bonds is 3. The summed E-state index contributed by atoms with van der Waals surface area (Å²) in [5, 5.41) is 8.07. The smallest absolute Gasteiger partial charge is 0.199 e. The van der Waals surface area contributed by atoms with E-state index < -0.39 is 0 Å². The summed E-state index contributed by atoms with van der Waals surface area (Å²) in [5.41, 5.74) is 1.69. The van der Waals surface area contributed by atoms with Gasteiger partial charge in [-0.15, -0.1) is 0 Å². The Morgan fingerprint density at radius 1 is 1.11 bits per heavy atom. The minimum absolute atomic E-state index is 0.417. The third-order valence-corrected chi connectivity index (χ3v) is 2.64. The van der Waals surface area contributed by atoms with Crippen LogP contribution < -0.4 is 0 Å². The molecule has 0 aliphatic heterocycles. The highest BCUT2D eigenvalue weighted by molar-refractivity contribution is 5.80. The summed E-state index contributed by atoms with van der Waals surface area (Å²) in [5.74, 6) is 1.29. The van der Waals surface area contributed by atoms with E-state index in [1.54, 1.807) is 7.11 Å². The standard InChI is InChI=1S/C13H12N4O/c1-18-8-12-15-13(17-16-12)11-7-6-9-4-2-3-5-10(9)14-11/h2-7H,8H2,1H3,(H,15,16,17). The minimum Gasteiger partial charge on any atom is -0.377 e.